The minimum atomic E-state index is -0.639. The van der Waals surface area contributed by atoms with E-state index in [0.29, 0.717) is 5.75 Å². The normalized spacial score (nSPS) is 11.5. The maximum atomic E-state index is 12.1. The third-order valence-electron chi connectivity index (χ3n) is 3.26. The number of hydrogen-bond acceptors (Lipinski definition) is 4. The molecular formula is C17H22N2O3. The van der Waals surface area contributed by atoms with Gasteiger partial charge in [0.2, 0.25) is 0 Å². The van der Waals surface area contributed by atoms with Gasteiger partial charge >= 0.3 is 0 Å². The van der Waals surface area contributed by atoms with Gasteiger partial charge in [0.15, 0.2) is 0 Å². The molecule has 22 heavy (non-hydrogen) atoms. The van der Waals surface area contributed by atoms with Crippen LogP contribution in [0, 0.1) is 0 Å². The second-order valence-corrected chi connectivity index (χ2v) is 5.80. The first-order chi connectivity index (χ1) is 10.5. The van der Waals surface area contributed by atoms with Gasteiger partial charge in [-0.25, -0.2) is 4.98 Å². The molecule has 0 atom stereocenters. The van der Waals surface area contributed by atoms with Crippen molar-refractivity contribution < 1.29 is 9.84 Å². The maximum absolute atomic E-state index is 12.1. The number of rotatable bonds is 6. The summed E-state index contributed by atoms with van der Waals surface area (Å²) >= 11 is 0. The van der Waals surface area contributed by atoms with Gasteiger partial charge in [-0.15, -0.1) is 0 Å². The number of aromatic nitrogens is 2. The third kappa shape index (κ3) is 3.74. The van der Waals surface area contributed by atoms with Gasteiger partial charge < -0.3 is 9.84 Å². The second-order valence-electron chi connectivity index (χ2n) is 5.80. The Morgan fingerprint density at radius 3 is 2.50 bits per heavy atom. The number of aliphatic hydroxyl groups is 1. The average Bonchev–Trinajstić information content (AvgIpc) is 2.49. The first-order valence-corrected chi connectivity index (χ1v) is 7.44. The molecule has 2 aromatic rings. The number of ether oxygens (including phenoxy) is 1. The van der Waals surface area contributed by atoms with E-state index in [0.717, 1.165) is 24.4 Å². The highest BCUT2D eigenvalue weighted by molar-refractivity contribution is 5.38. The van der Waals surface area contributed by atoms with Gasteiger partial charge in [-0.2, -0.15) is 0 Å². The fourth-order valence-electron chi connectivity index (χ4n) is 2.14. The molecule has 1 aromatic heterocycles. The number of hydrogen-bond donors (Lipinski definition) is 1. The van der Waals surface area contributed by atoms with Gasteiger partial charge in [0.1, 0.15) is 17.2 Å². The molecule has 1 N–H and O–H groups in total. The lowest BCUT2D eigenvalue weighted by Gasteiger charge is -2.24. The SMILES string of the molecule is CCCc1nccc(=O)n1-c1ccc(OC(C)(C)CO)cc1. The van der Waals surface area contributed by atoms with Crippen LogP contribution in [0.4, 0.5) is 0 Å². The first-order valence-electron chi connectivity index (χ1n) is 7.44. The average molecular weight is 302 g/mol. The van der Waals surface area contributed by atoms with Crippen molar-refractivity contribution in [1.82, 2.24) is 9.55 Å². The van der Waals surface area contributed by atoms with Gasteiger partial charge in [-0.3, -0.25) is 9.36 Å². The Morgan fingerprint density at radius 1 is 1.23 bits per heavy atom. The number of aryl methyl sites for hydroxylation is 1. The lowest BCUT2D eigenvalue weighted by Crippen LogP contribution is -2.32. The molecule has 0 saturated heterocycles. The zero-order chi connectivity index (χ0) is 16.2. The predicted octanol–water partition coefficient (Wildman–Crippen LogP) is 2.33. The lowest BCUT2D eigenvalue weighted by molar-refractivity contribution is 0.0412. The Kier molecular flexibility index (Phi) is 4.98. The molecular weight excluding hydrogens is 280 g/mol. The molecule has 0 spiro atoms. The zero-order valence-corrected chi connectivity index (χ0v) is 13.2. The molecule has 5 nitrogen and oxygen atoms in total. The molecule has 0 radical (unpaired) electrons. The van der Waals surface area contributed by atoms with Gasteiger partial charge in [0.05, 0.1) is 12.3 Å². The lowest BCUT2D eigenvalue weighted by atomic mass is 10.1. The van der Waals surface area contributed by atoms with E-state index in [1.807, 2.05) is 26.0 Å². The summed E-state index contributed by atoms with van der Waals surface area (Å²) in [6.45, 7) is 5.60. The topological polar surface area (TPSA) is 64.4 Å². The zero-order valence-electron chi connectivity index (χ0n) is 13.2. The molecule has 0 unspecified atom stereocenters. The van der Waals surface area contributed by atoms with Crippen LogP contribution >= 0.6 is 0 Å². The van der Waals surface area contributed by atoms with E-state index in [4.69, 9.17) is 4.74 Å². The Bertz CT molecular complexity index is 675. The fraction of sp³-hybridized carbons (Fsp3) is 0.412. The summed E-state index contributed by atoms with van der Waals surface area (Å²) in [6.07, 6.45) is 3.21. The van der Waals surface area contributed by atoms with E-state index in [-0.39, 0.29) is 12.2 Å². The summed E-state index contributed by atoms with van der Waals surface area (Å²) in [6, 6.07) is 8.69. The summed E-state index contributed by atoms with van der Waals surface area (Å²) in [5, 5.41) is 9.24. The molecule has 1 aromatic carbocycles. The molecule has 5 heteroatoms. The van der Waals surface area contributed by atoms with Crippen molar-refractivity contribution in [3.8, 4) is 11.4 Å². The van der Waals surface area contributed by atoms with Gasteiger partial charge in [0.25, 0.3) is 5.56 Å². The highest BCUT2D eigenvalue weighted by atomic mass is 16.5. The molecule has 0 bridgehead atoms. The summed E-state index contributed by atoms with van der Waals surface area (Å²) < 4.78 is 7.31. The highest BCUT2D eigenvalue weighted by Crippen LogP contribution is 2.20. The smallest absolute Gasteiger partial charge is 0.258 e. The highest BCUT2D eigenvalue weighted by Gasteiger charge is 2.18. The van der Waals surface area contributed by atoms with E-state index in [2.05, 4.69) is 11.9 Å². The third-order valence-corrected chi connectivity index (χ3v) is 3.26. The molecule has 0 saturated carbocycles. The van der Waals surface area contributed by atoms with E-state index < -0.39 is 5.60 Å². The van der Waals surface area contributed by atoms with Crippen LogP contribution in [0.1, 0.15) is 33.0 Å². The molecule has 1 heterocycles. The second kappa shape index (κ2) is 6.75. The summed E-state index contributed by atoms with van der Waals surface area (Å²) in [7, 11) is 0. The molecule has 0 aliphatic rings. The van der Waals surface area contributed by atoms with E-state index in [9.17, 15) is 9.90 Å². The van der Waals surface area contributed by atoms with Crippen molar-refractivity contribution in [2.24, 2.45) is 0 Å². The Balaban J connectivity index is 2.34. The molecule has 0 amide bonds. The van der Waals surface area contributed by atoms with E-state index in [1.54, 1.807) is 22.9 Å². The van der Waals surface area contributed by atoms with Crippen molar-refractivity contribution in [3.63, 3.8) is 0 Å². The Labute approximate surface area is 130 Å². The van der Waals surface area contributed by atoms with Crippen molar-refractivity contribution in [3.05, 3.63) is 52.7 Å². The molecule has 0 aliphatic heterocycles. The van der Waals surface area contributed by atoms with Crippen LogP contribution in [0.25, 0.3) is 5.69 Å². The van der Waals surface area contributed by atoms with Crippen LogP contribution in [0.5, 0.6) is 5.75 Å². The number of nitrogens with zero attached hydrogens (tertiary/aromatic N) is 2. The molecule has 2 rings (SSSR count). The quantitative estimate of drug-likeness (QED) is 0.889. The van der Waals surface area contributed by atoms with Crippen LogP contribution in [-0.2, 0) is 6.42 Å². The van der Waals surface area contributed by atoms with Crippen LogP contribution in [0.2, 0.25) is 0 Å². The summed E-state index contributed by atoms with van der Waals surface area (Å²) in [4.78, 5) is 16.4. The first kappa shape index (κ1) is 16.2. The van der Waals surface area contributed by atoms with Crippen molar-refractivity contribution >= 4 is 0 Å². The van der Waals surface area contributed by atoms with E-state index >= 15 is 0 Å². The van der Waals surface area contributed by atoms with Crippen LogP contribution in [0.3, 0.4) is 0 Å². The van der Waals surface area contributed by atoms with Crippen LogP contribution < -0.4 is 10.3 Å². The molecule has 0 aliphatic carbocycles. The fourth-order valence-corrected chi connectivity index (χ4v) is 2.14. The van der Waals surface area contributed by atoms with Gasteiger partial charge in [0, 0.05) is 18.7 Å². The summed E-state index contributed by atoms with van der Waals surface area (Å²) in [5.74, 6) is 1.40. The minimum absolute atomic E-state index is 0.0720. The maximum Gasteiger partial charge on any atom is 0.258 e. The van der Waals surface area contributed by atoms with Crippen molar-refractivity contribution in [1.29, 1.82) is 0 Å². The van der Waals surface area contributed by atoms with Crippen LogP contribution in [-0.4, -0.2) is 26.9 Å². The molecule has 0 fully saturated rings. The number of aliphatic hydroxyl groups excluding tert-OH is 1. The van der Waals surface area contributed by atoms with Crippen LogP contribution in [0.15, 0.2) is 41.3 Å². The monoisotopic (exact) mass is 302 g/mol. The van der Waals surface area contributed by atoms with Crippen molar-refractivity contribution in [2.75, 3.05) is 6.61 Å². The van der Waals surface area contributed by atoms with Gasteiger partial charge in [-0.05, 0) is 44.5 Å². The summed E-state index contributed by atoms with van der Waals surface area (Å²) in [5.41, 5.74) is 0.0264. The largest absolute Gasteiger partial charge is 0.485 e. The number of benzene rings is 1. The minimum Gasteiger partial charge on any atom is -0.485 e. The van der Waals surface area contributed by atoms with Gasteiger partial charge in [-0.1, -0.05) is 6.92 Å². The molecule has 118 valence electrons. The standard InChI is InChI=1S/C17H22N2O3/c1-4-5-15-18-11-10-16(21)19(15)13-6-8-14(9-7-13)22-17(2,3)12-20/h6-11,20H,4-5,12H2,1-3H3. The predicted molar refractivity (Wildman–Crippen MR) is 85.6 cm³/mol. The van der Waals surface area contributed by atoms with Crippen molar-refractivity contribution in [2.45, 2.75) is 39.2 Å². The Hall–Kier alpha value is -2.14. The Morgan fingerprint density at radius 2 is 1.91 bits per heavy atom. The van der Waals surface area contributed by atoms with E-state index in [1.165, 1.54) is 6.07 Å².